The fourth-order valence-corrected chi connectivity index (χ4v) is 11.5. The van der Waals surface area contributed by atoms with E-state index in [0.717, 1.165) is 30.4 Å². The van der Waals surface area contributed by atoms with Crippen LogP contribution < -0.4 is 21.3 Å². The molecule has 0 bridgehead atoms. The van der Waals surface area contributed by atoms with Crippen LogP contribution in [0.25, 0.3) is 0 Å². The number of urea groups is 1. The Kier molecular flexibility index (Phi) is 13.0. The third-order valence-electron chi connectivity index (χ3n) is 12.4. The minimum absolute atomic E-state index is 0.0465. The first-order valence-corrected chi connectivity index (χ1v) is 21.7. The molecule has 1 unspecified atom stereocenters. The average Bonchev–Trinajstić information content (AvgIpc) is 3.47. The molecule has 1 aliphatic heterocycles. The van der Waals surface area contributed by atoms with Crippen LogP contribution in [-0.4, -0.2) is 91.1 Å². The third kappa shape index (κ3) is 9.37. The second-order valence-corrected chi connectivity index (χ2v) is 19.4. The van der Waals surface area contributed by atoms with Gasteiger partial charge in [-0.15, -0.1) is 6.58 Å². The van der Waals surface area contributed by atoms with E-state index in [1.54, 1.807) is 4.90 Å². The molecule has 0 aromatic heterocycles. The Morgan fingerprint density at radius 2 is 1.63 bits per heavy atom. The predicted molar refractivity (Wildman–Crippen MR) is 208 cm³/mol. The first-order valence-electron chi connectivity index (χ1n) is 19.9. The van der Waals surface area contributed by atoms with Crippen LogP contribution in [0.15, 0.2) is 36.9 Å². The Hall–Kier alpha value is -3.74. The van der Waals surface area contributed by atoms with E-state index in [1.807, 2.05) is 45.0 Å². The number of Topliss-reactive ketones (excluding diaryl/α,β-unsaturated/α-hetero) is 1. The first kappa shape index (κ1) is 41.4. The van der Waals surface area contributed by atoms with E-state index < -0.39 is 57.1 Å². The van der Waals surface area contributed by atoms with Crippen LogP contribution in [0.3, 0.4) is 0 Å². The van der Waals surface area contributed by atoms with Crippen molar-refractivity contribution >= 4 is 39.4 Å². The molecule has 4 aliphatic rings. The summed E-state index contributed by atoms with van der Waals surface area (Å²) in [7, 11) is -3.47. The van der Waals surface area contributed by atoms with Gasteiger partial charge in [-0.2, -0.15) is 0 Å². The molecule has 5 atom stereocenters. The highest BCUT2D eigenvalue weighted by Crippen LogP contribution is 2.65. The number of nitrogens with zero attached hydrogens (tertiary/aromatic N) is 1. The van der Waals surface area contributed by atoms with E-state index in [2.05, 4.69) is 41.7 Å². The molecule has 1 heterocycles. The number of fused-ring (bicyclic) bond motifs is 2. The van der Waals surface area contributed by atoms with Gasteiger partial charge in [0.2, 0.25) is 17.6 Å². The number of piperidine rings is 1. The van der Waals surface area contributed by atoms with E-state index in [1.165, 1.54) is 6.08 Å². The van der Waals surface area contributed by atoms with Crippen molar-refractivity contribution in [3.8, 4) is 0 Å². The van der Waals surface area contributed by atoms with Crippen molar-refractivity contribution < 1.29 is 32.4 Å². The molecule has 13 heteroatoms. The van der Waals surface area contributed by atoms with E-state index in [4.69, 9.17) is 0 Å². The largest absolute Gasteiger partial charge is 0.346 e. The number of nitrogens with one attached hydrogen (secondary N) is 4. The second kappa shape index (κ2) is 17.0. The van der Waals surface area contributed by atoms with Gasteiger partial charge in [0.1, 0.15) is 12.1 Å². The highest BCUT2D eigenvalue weighted by atomic mass is 32.2. The van der Waals surface area contributed by atoms with E-state index in [9.17, 15) is 32.4 Å². The zero-order valence-corrected chi connectivity index (χ0v) is 33.6. The number of ketones is 1. The van der Waals surface area contributed by atoms with Crippen LogP contribution in [0, 0.1) is 29.1 Å². The normalized spacial score (nSPS) is 23.7. The van der Waals surface area contributed by atoms with Gasteiger partial charge in [0.15, 0.2) is 9.84 Å². The molecule has 1 aromatic carbocycles. The summed E-state index contributed by atoms with van der Waals surface area (Å²) in [6, 6.07) is 4.41. The Balaban J connectivity index is 1.40. The lowest BCUT2D eigenvalue weighted by Gasteiger charge is -2.39. The van der Waals surface area contributed by atoms with Gasteiger partial charge >= 0.3 is 6.03 Å². The van der Waals surface area contributed by atoms with Crippen LogP contribution >= 0.6 is 0 Å². The summed E-state index contributed by atoms with van der Waals surface area (Å²) >= 11 is 0. The molecular formula is C41H61N5O7S. The van der Waals surface area contributed by atoms with Crippen molar-refractivity contribution in [1.82, 2.24) is 26.2 Å². The summed E-state index contributed by atoms with van der Waals surface area (Å²) in [5.74, 6) is -2.71. The van der Waals surface area contributed by atoms with Crippen LogP contribution in [0.2, 0.25) is 0 Å². The number of rotatable bonds is 17. The number of carbonyl (C=O) groups excluding carboxylic acids is 5. The number of carbonyl (C=O) groups is 5. The minimum Gasteiger partial charge on any atom is -0.346 e. The average molecular weight is 768 g/mol. The number of hydrogen-bond donors (Lipinski definition) is 4. The summed E-state index contributed by atoms with van der Waals surface area (Å²) < 4.78 is 26.7. The van der Waals surface area contributed by atoms with Crippen LogP contribution in [0.1, 0.15) is 97.1 Å². The molecule has 0 spiro atoms. The Bertz CT molecular complexity index is 1680. The van der Waals surface area contributed by atoms with Gasteiger partial charge in [0.05, 0.1) is 23.1 Å². The van der Waals surface area contributed by atoms with Crippen LogP contribution in [0.4, 0.5) is 4.79 Å². The summed E-state index contributed by atoms with van der Waals surface area (Å²) in [5, 5.41) is 11.4. The van der Waals surface area contributed by atoms with Gasteiger partial charge in [-0.05, 0) is 78.7 Å². The maximum atomic E-state index is 14.9. The van der Waals surface area contributed by atoms with Crippen LogP contribution in [0.5, 0.6) is 0 Å². The summed E-state index contributed by atoms with van der Waals surface area (Å²) in [6.07, 6.45) is 7.52. The van der Waals surface area contributed by atoms with Gasteiger partial charge in [0.25, 0.3) is 5.91 Å². The highest BCUT2D eigenvalue weighted by molar-refractivity contribution is 7.91. The summed E-state index contributed by atoms with van der Waals surface area (Å²) in [5.41, 5.74) is 1.03. The van der Waals surface area contributed by atoms with Crippen molar-refractivity contribution in [1.29, 1.82) is 0 Å². The zero-order valence-electron chi connectivity index (χ0n) is 32.7. The molecule has 3 aliphatic carbocycles. The molecule has 1 saturated heterocycles. The molecule has 1 aromatic rings. The smallest absolute Gasteiger partial charge is 0.315 e. The molecule has 298 valence electrons. The van der Waals surface area contributed by atoms with E-state index in [-0.39, 0.29) is 59.5 Å². The lowest BCUT2D eigenvalue weighted by atomic mass is 9.83. The predicted octanol–water partition coefficient (Wildman–Crippen LogP) is 3.87. The Labute approximate surface area is 321 Å². The number of sulfone groups is 1. The summed E-state index contributed by atoms with van der Waals surface area (Å²) in [6.45, 7) is 14.0. The zero-order chi connectivity index (χ0) is 39.4. The number of hydrogen-bond acceptors (Lipinski definition) is 7. The lowest BCUT2D eigenvalue weighted by molar-refractivity contribution is -0.144. The third-order valence-corrected chi connectivity index (χ3v) is 14.2. The Morgan fingerprint density at radius 3 is 2.22 bits per heavy atom. The Morgan fingerprint density at radius 1 is 0.981 bits per heavy atom. The van der Waals surface area contributed by atoms with E-state index in [0.29, 0.717) is 45.1 Å². The molecule has 5 amide bonds. The lowest BCUT2D eigenvalue weighted by Crippen LogP contribution is -2.63. The molecule has 2 saturated carbocycles. The van der Waals surface area contributed by atoms with Gasteiger partial charge in [-0.1, -0.05) is 90.6 Å². The quantitative estimate of drug-likeness (QED) is 0.138. The van der Waals surface area contributed by atoms with E-state index >= 15 is 0 Å². The topological polar surface area (TPSA) is 171 Å². The van der Waals surface area contributed by atoms with Crippen molar-refractivity contribution in [3.05, 3.63) is 48.0 Å². The van der Waals surface area contributed by atoms with Gasteiger partial charge in [0, 0.05) is 13.1 Å². The number of amides is 5. The molecule has 4 N–H and O–H groups in total. The fourth-order valence-electron chi connectivity index (χ4n) is 9.29. The monoisotopic (exact) mass is 767 g/mol. The molecule has 0 radical (unpaired) electrons. The SMILES string of the molecule is C=CCNC(=O)C(=O)C(CCC)NC(=O)[C@@H]1[C@@H]2[C@H](CN1C(=O)[C@@H](NC(=O)NC1(CS(=O)(=O)CCC(C)C)CCCCC1)C1Cc3ccccc3C1)C2(C)C. The number of benzene rings is 1. The van der Waals surface area contributed by atoms with Crippen molar-refractivity contribution in [2.75, 3.05) is 24.6 Å². The van der Waals surface area contributed by atoms with Gasteiger partial charge in [-0.25, -0.2) is 13.2 Å². The number of likely N-dealkylation sites (tertiary alicyclic amines) is 1. The fraction of sp³-hybridized carbons (Fsp3) is 0.683. The second-order valence-electron chi connectivity index (χ2n) is 17.2. The molecule has 3 fully saturated rings. The van der Waals surface area contributed by atoms with Crippen molar-refractivity contribution in [3.63, 3.8) is 0 Å². The van der Waals surface area contributed by atoms with Crippen molar-refractivity contribution in [2.45, 2.75) is 122 Å². The maximum absolute atomic E-state index is 14.9. The van der Waals surface area contributed by atoms with Crippen molar-refractivity contribution in [2.24, 2.45) is 29.1 Å². The standard InChI is InChI=1S/C41H61N5O7S/c1-7-14-31(35(47)37(49)42-20-8-2)43-36(48)34-32-30(40(32,5)6)24-46(34)38(50)33(29-22-27-15-10-11-16-28(27)23-29)44-39(51)45-41(18-12-9-13-19-41)25-54(52,53)21-17-26(3)4/h8,10-11,15-16,26,29-34H,2,7,9,12-14,17-25H2,1,3-6H3,(H,42,49)(H,43,48)(H2,44,45,51)/t30-,31?,32-,33-,34-/m0/s1. The summed E-state index contributed by atoms with van der Waals surface area (Å²) in [4.78, 5) is 70.5. The molecule has 54 heavy (non-hydrogen) atoms. The maximum Gasteiger partial charge on any atom is 0.315 e. The first-order chi connectivity index (χ1) is 25.5. The minimum atomic E-state index is -3.47. The highest BCUT2D eigenvalue weighted by Gasteiger charge is 2.70. The van der Waals surface area contributed by atoms with Gasteiger partial charge < -0.3 is 26.2 Å². The molecular weight excluding hydrogens is 707 g/mol. The van der Waals surface area contributed by atoms with Gasteiger partial charge in [-0.3, -0.25) is 19.2 Å². The molecule has 5 rings (SSSR count). The molecule has 12 nitrogen and oxygen atoms in total. The van der Waals surface area contributed by atoms with Crippen LogP contribution in [-0.2, 0) is 41.9 Å².